The predicted molar refractivity (Wildman–Crippen MR) is 82.6 cm³/mol. The molecule has 1 unspecified atom stereocenters. The lowest BCUT2D eigenvalue weighted by atomic mass is 10.2. The molecule has 1 saturated carbocycles. The molecule has 1 aromatic rings. The molecule has 0 spiro atoms. The zero-order valence-electron chi connectivity index (χ0n) is 10.9. The van der Waals surface area contributed by atoms with Crippen LogP contribution < -0.4 is 10.6 Å². The number of hydrogen-bond donors (Lipinski definition) is 2. The molecule has 0 saturated heterocycles. The highest BCUT2D eigenvalue weighted by molar-refractivity contribution is 9.10. The summed E-state index contributed by atoms with van der Waals surface area (Å²) >= 11 is 9.40. The highest BCUT2D eigenvalue weighted by Gasteiger charge is 2.20. The van der Waals surface area contributed by atoms with Crippen LogP contribution in [-0.2, 0) is 4.79 Å². The zero-order valence-corrected chi connectivity index (χ0v) is 13.2. The Bertz CT molecular complexity index is 461. The summed E-state index contributed by atoms with van der Waals surface area (Å²) in [5, 5.41) is 6.91. The number of rotatable bonds is 4. The maximum absolute atomic E-state index is 12.1. The number of nitrogens with one attached hydrogen (secondary N) is 2. The second kappa shape index (κ2) is 6.62. The van der Waals surface area contributed by atoms with Crippen molar-refractivity contribution in [3.8, 4) is 0 Å². The summed E-state index contributed by atoms with van der Waals surface area (Å²) in [6, 6.07) is 5.55. The first-order valence-corrected chi connectivity index (χ1v) is 7.75. The van der Waals surface area contributed by atoms with E-state index in [2.05, 4.69) is 26.6 Å². The van der Waals surface area contributed by atoms with Gasteiger partial charge in [-0.25, -0.2) is 0 Å². The minimum atomic E-state index is -0.282. The third-order valence-electron chi connectivity index (χ3n) is 3.40. The van der Waals surface area contributed by atoms with E-state index in [0.29, 0.717) is 11.1 Å². The van der Waals surface area contributed by atoms with E-state index >= 15 is 0 Å². The number of halogens is 2. The van der Waals surface area contributed by atoms with Crippen LogP contribution in [0.25, 0.3) is 0 Å². The summed E-state index contributed by atoms with van der Waals surface area (Å²) < 4.78 is 0.900. The van der Waals surface area contributed by atoms with Crippen molar-refractivity contribution in [2.75, 3.05) is 5.32 Å². The molecule has 2 N–H and O–H groups in total. The van der Waals surface area contributed by atoms with Gasteiger partial charge in [0.1, 0.15) is 6.04 Å². The molecule has 1 aliphatic carbocycles. The number of anilines is 1. The Morgan fingerprint density at radius 1 is 1.42 bits per heavy atom. The van der Waals surface area contributed by atoms with Gasteiger partial charge in [0.15, 0.2) is 0 Å². The normalized spacial score (nSPS) is 17.2. The molecule has 1 amide bonds. The molecule has 2 rings (SSSR count). The first-order valence-electron chi connectivity index (χ1n) is 6.58. The molecule has 1 atom stereocenters. The Balaban J connectivity index is 1.93. The number of amides is 1. The van der Waals surface area contributed by atoms with E-state index in [1.54, 1.807) is 6.07 Å². The summed E-state index contributed by atoms with van der Waals surface area (Å²) in [7, 11) is 0. The van der Waals surface area contributed by atoms with Gasteiger partial charge in [-0.2, -0.15) is 0 Å². The molecular weight excluding hydrogens is 328 g/mol. The van der Waals surface area contributed by atoms with Gasteiger partial charge in [-0.3, -0.25) is 4.79 Å². The van der Waals surface area contributed by atoms with Gasteiger partial charge in [-0.05, 0) is 53.9 Å². The highest BCUT2D eigenvalue weighted by Crippen LogP contribution is 2.26. The van der Waals surface area contributed by atoms with Crippen LogP contribution in [0.3, 0.4) is 0 Å². The van der Waals surface area contributed by atoms with Crippen molar-refractivity contribution in [3.05, 3.63) is 27.7 Å². The minimum Gasteiger partial charge on any atom is -0.373 e. The summed E-state index contributed by atoms with van der Waals surface area (Å²) in [5.74, 6) is 0.0405. The fraction of sp³-hybridized carbons (Fsp3) is 0.500. The summed E-state index contributed by atoms with van der Waals surface area (Å²) in [4.78, 5) is 12.1. The van der Waals surface area contributed by atoms with Gasteiger partial charge in [0.2, 0.25) is 5.91 Å². The molecule has 0 aromatic heterocycles. The van der Waals surface area contributed by atoms with Gasteiger partial charge in [-0.15, -0.1) is 0 Å². The molecule has 3 nitrogen and oxygen atoms in total. The maximum atomic E-state index is 12.1. The summed E-state index contributed by atoms with van der Waals surface area (Å²) in [6.07, 6.45) is 4.62. The maximum Gasteiger partial charge on any atom is 0.242 e. The molecule has 0 bridgehead atoms. The smallest absolute Gasteiger partial charge is 0.242 e. The van der Waals surface area contributed by atoms with E-state index in [9.17, 15) is 4.79 Å². The number of carbonyl (C=O) groups is 1. The minimum absolute atomic E-state index is 0.0405. The molecule has 5 heteroatoms. The first kappa shape index (κ1) is 14.7. The van der Waals surface area contributed by atoms with E-state index in [1.165, 1.54) is 12.8 Å². The van der Waals surface area contributed by atoms with Gasteiger partial charge in [0, 0.05) is 15.5 Å². The molecule has 1 fully saturated rings. The Morgan fingerprint density at radius 3 is 2.79 bits per heavy atom. The van der Waals surface area contributed by atoms with E-state index in [0.717, 1.165) is 23.0 Å². The molecule has 0 heterocycles. The second-order valence-electron chi connectivity index (χ2n) is 4.98. The van der Waals surface area contributed by atoms with Gasteiger partial charge in [-0.1, -0.05) is 24.4 Å². The van der Waals surface area contributed by atoms with E-state index in [1.807, 2.05) is 19.1 Å². The lowest BCUT2D eigenvalue weighted by Gasteiger charge is -2.19. The van der Waals surface area contributed by atoms with Crippen molar-refractivity contribution in [3.63, 3.8) is 0 Å². The third kappa shape index (κ3) is 4.11. The van der Waals surface area contributed by atoms with Crippen LogP contribution in [0.2, 0.25) is 5.02 Å². The van der Waals surface area contributed by atoms with Crippen molar-refractivity contribution in [1.82, 2.24) is 5.32 Å². The quantitative estimate of drug-likeness (QED) is 0.867. The van der Waals surface area contributed by atoms with Crippen molar-refractivity contribution in [2.45, 2.75) is 44.7 Å². The Labute approximate surface area is 127 Å². The zero-order chi connectivity index (χ0) is 13.8. The third-order valence-corrected chi connectivity index (χ3v) is 4.32. The molecule has 1 aromatic carbocycles. The average Bonchev–Trinajstić information content (AvgIpc) is 2.86. The second-order valence-corrected chi connectivity index (χ2v) is 6.27. The van der Waals surface area contributed by atoms with Crippen molar-refractivity contribution in [1.29, 1.82) is 0 Å². The molecular formula is C14H18BrClN2O. The van der Waals surface area contributed by atoms with Crippen LogP contribution in [-0.4, -0.2) is 18.0 Å². The van der Waals surface area contributed by atoms with Gasteiger partial charge < -0.3 is 10.6 Å². The molecule has 104 valence electrons. The van der Waals surface area contributed by atoms with E-state index in [-0.39, 0.29) is 11.9 Å². The largest absolute Gasteiger partial charge is 0.373 e. The average molecular weight is 346 g/mol. The van der Waals surface area contributed by atoms with Crippen LogP contribution in [0, 0.1) is 0 Å². The van der Waals surface area contributed by atoms with Crippen molar-refractivity contribution < 1.29 is 4.79 Å². The molecule has 1 aliphatic rings. The lowest BCUT2D eigenvalue weighted by Crippen LogP contribution is -2.42. The highest BCUT2D eigenvalue weighted by atomic mass is 79.9. The monoisotopic (exact) mass is 344 g/mol. The van der Waals surface area contributed by atoms with Crippen LogP contribution in [0.15, 0.2) is 22.7 Å². The van der Waals surface area contributed by atoms with Gasteiger partial charge in [0.05, 0.1) is 5.69 Å². The Hall–Kier alpha value is -0.740. The van der Waals surface area contributed by atoms with Crippen molar-refractivity contribution >= 4 is 39.1 Å². The Morgan fingerprint density at radius 2 is 2.11 bits per heavy atom. The molecule has 0 aliphatic heterocycles. The topological polar surface area (TPSA) is 41.1 Å². The predicted octanol–water partition coefficient (Wildman–Crippen LogP) is 3.96. The van der Waals surface area contributed by atoms with Crippen molar-refractivity contribution in [2.24, 2.45) is 0 Å². The van der Waals surface area contributed by atoms with Gasteiger partial charge >= 0.3 is 0 Å². The fourth-order valence-electron chi connectivity index (χ4n) is 2.30. The van der Waals surface area contributed by atoms with Gasteiger partial charge in [0.25, 0.3) is 0 Å². The van der Waals surface area contributed by atoms with Crippen LogP contribution in [0.1, 0.15) is 32.6 Å². The number of carbonyl (C=O) groups excluding carboxylic acids is 1. The van der Waals surface area contributed by atoms with Crippen LogP contribution >= 0.6 is 27.5 Å². The lowest BCUT2D eigenvalue weighted by molar-refractivity contribution is -0.122. The standard InChI is InChI=1S/C14H18BrClN2O/c1-9(14(19)18-11-4-2-3-5-11)17-13-8-10(16)6-7-12(13)15/h6-9,11,17H,2-5H2,1H3,(H,18,19). The molecule has 0 radical (unpaired) electrons. The Kier molecular flexibility index (Phi) is 5.11. The van der Waals surface area contributed by atoms with Crippen LogP contribution in [0.5, 0.6) is 0 Å². The van der Waals surface area contributed by atoms with Crippen LogP contribution in [0.4, 0.5) is 5.69 Å². The van der Waals surface area contributed by atoms with E-state index in [4.69, 9.17) is 11.6 Å². The fourth-order valence-corrected chi connectivity index (χ4v) is 2.84. The number of hydrogen-bond acceptors (Lipinski definition) is 2. The SMILES string of the molecule is CC(Nc1cc(Cl)ccc1Br)C(=O)NC1CCCC1. The summed E-state index contributed by atoms with van der Waals surface area (Å²) in [5.41, 5.74) is 0.835. The van der Waals surface area contributed by atoms with E-state index < -0.39 is 0 Å². The first-order chi connectivity index (χ1) is 9.06. The molecule has 19 heavy (non-hydrogen) atoms. The number of benzene rings is 1. The summed E-state index contributed by atoms with van der Waals surface area (Å²) in [6.45, 7) is 1.86.